The Morgan fingerprint density at radius 2 is 1.94 bits per heavy atom. The zero-order valence-corrected chi connectivity index (χ0v) is 10.2. The summed E-state index contributed by atoms with van der Waals surface area (Å²) in [5.41, 5.74) is 6.22. The van der Waals surface area contributed by atoms with Crippen molar-refractivity contribution in [2.75, 3.05) is 19.6 Å². The molecule has 1 aromatic rings. The smallest absolute Gasteiger partial charge is 0.176 e. The van der Waals surface area contributed by atoms with Gasteiger partial charge in [0.25, 0.3) is 0 Å². The summed E-state index contributed by atoms with van der Waals surface area (Å²) >= 11 is 0. The fourth-order valence-electron chi connectivity index (χ4n) is 2.10. The van der Waals surface area contributed by atoms with Crippen molar-refractivity contribution in [1.29, 1.82) is 0 Å². The van der Waals surface area contributed by atoms with Crippen molar-refractivity contribution in [2.24, 2.45) is 5.73 Å². The molecule has 1 fully saturated rings. The molecule has 2 rings (SSSR count). The number of benzene rings is 1. The standard InChI is InChI=1S/C13H18N2O3/c14-10-3-5-15(6-4-10)8-13(18)9-1-2-11(16)12(17)7-9/h1-2,7,10,16-17H,3-6,8,14H2. The number of ketones is 1. The fourth-order valence-corrected chi connectivity index (χ4v) is 2.10. The number of carbonyl (C=O) groups is 1. The number of piperidine rings is 1. The van der Waals surface area contributed by atoms with E-state index in [0.29, 0.717) is 12.1 Å². The monoisotopic (exact) mass is 250 g/mol. The molecule has 98 valence electrons. The van der Waals surface area contributed by atoms with Crippen molar-refractivity contribution in [1.82, 2.24) is 4.90 Å². The lowest BCUT2D eigenvalue weighted by Crippen LogP contribution is -2.41. The van der Waals surface area contributed by atoms with Gasteiger partial charge in [-0.2, -0.15) is 0 Å². The van der Waals surface area contributed by atoms with Gasteiger partial charge in [-0.25, -0.2) is 0 Å². The third-order valence-corrected chi connectivity index (χ3v) is 3.30. The summed E-state index contributed by atoms with van der Waals surface area (Å²) in [7, 11) is 0. The Morgan fingerprint density at radius 3 is 2.56 bits per heavy atom. The van der Waals surface area contributed by atoms with E-state index < -0.39 is 0 Å². The van der Waals surface area contributed by atoms with Crippen LogP contribution in [-0.2, 0) is 0 Å². The normalized spacial score (nSPS) is 17.8. The van der Waals surface area contributed by atoms with Crippen molar-refractivity contribution >= 4 is 5.78 Å². The molecule has 0 amide bonds. The van der Waals surface area contributed by atoms with Crippen LogP contribution in [0.5, 0.6) is 11.5 Å². The number of hydrogen-bond donors (Lipinski definition) is 3. The molecule has 0 bridgehead atoms. The molecule has 1 heterocycles. The zero-order chi connectivity index (χ0) is 13.1. The number of phenols is 2. The summed E-state index contributed by atoms with van der Waals surface area (Å²) in [6, 6.07) is 4.39. The van der Waals surface area contributed by atoms with Gasteiger partial charge >= 0.3 is 0 Å². The number of rotatable bonds is 3. The Hall–Kier alpha value is -1.59. The minimum absolute atomic E-state index is 0.0548. The maximum Gasteiger partial charge on any atom is 0.176 e. The number of phenolic OH excluding ortho intramolecular Hbond substituents is 2. The molecule has 5 heteroatoms. The predicted molar refractivity (Wildman–Crippen MR) is 67.8 cm³/mol. The first-order valence-corrected chi connectivity index (χ1v) is 6.09. The van der Waals surface area contributed by atoms with Crippen LogP contribution in [0.4, 0.5) is 0 Å². The van der Waals surface area contributed by atoms with E-state index in [9.17, 15) is 15.0 Å². The molecule has 0 spiro atoms. The van der Waals surface area contributed by atoms with E-state index in [1.807, 2.05) is 0 Å². The minimum atomic E-state index is -0.262. The summed E-state index contributed by atoms with van der Waals surface area (Å²) in [4.78, 5) is 14.1. The Balaban J connectivity index is 1.97. The average Bonchev–Trinajstić information content (AvgIpc) is 2.35. The van der Waals surface area contributed by atoms with E-state index in [1.165, 1.54) is 18.2 Å². The highest BCUT2D eigenvalue weighted by Crippen LogP contribution is 2.25. The van der Waals surface area contributed by atoms with Crippen molar-refractivity contribution in [3.63, 3.8) is 0 Å². The number of aromatic hydroxyl groups is 2. The van der Waals surface area contributed by atoms with Gasteiger partial charge in [0.2, 0.25) is 0 Å². The van der Waals surface area contributed by atoms with Gasteiger partial charge in [-0.15, -0.1) is 0 Å². The van der Waals surface area contributed by atoms with Crippen LogP contribution >= 0.6 is 0 Å². The minimum Gasteiger partial charge on any atom is -0.504 e. The quantitative estimate of drug-likeness (QED) is 0.543. The molecule has 5 nitrogen and oxygen atoms in total. The highest BCUT2D eigenvalue weighted by atomic mass is 16.3. The van der Waals surface area contributed by atoms with Gasteiger partial charge in [-0.05, 0) is 31.0 Å². The van der Waals surface area contributed by atoms with Crippen LogP contribution in [0.15, 0.2) is 18.2 Å². The van der Waals surface area contributed by atoms with Crippen LogP contribution in [0.1, 0.15) is 23.2 Å². The van der Waals surface area contributed by atoms with Crippen LogP contribution in [-0.4, -0.2) is 46.6 Å². The molecule has 1 saturated heterocycles. The Kier molecular flexibility index (Phi) is 3.84. The molecule has 1 aliphatic heterocycles. The van der Waals surface area contributed by atoms with Gasteiger partial charge in [0.05, 0.1) is 6.54 Å². The van der Waals surface area contributed by atoms with Crippen LogP contribution in [0.25, 0.3) is 0 Å². The van der Waals surface area contributed by atoms with Gasteiger partial charge in [-0.1, -0.05) is 0 Å². The van der Waals surface area contributed by atoms with E-state index in [2.05, 4.69) is 4.90 Å². The summed E-state index contributed by atoms with van der Waals surface area (Å²) in [6.45, 7) is 1.99. The van der Waals surface area contributed by atoms with Gasteiger partial charge in [0, 0.05) is 24.7 Å². The van der Waals surface area contributed by atoms with E-state index in [0.717, 1.165) is 25.9 Å². The van der Waals surface area contributed by atoms with Gasteiger partial charge < -0.3 is 15.9 Å². The first-order chi connectivity index (χ1) is 8.56. The lowest BCUT2D eigenvalue weighted by molar-refractivity contribution is 0.0909. The Labute approximate surface area is 106 Å². The lowest BCUT2D eigenvalue weighted by atomic mass is 10.0. The topological polar surface area (TPSA) is 86.8 Å². The average molecular weight is 250 g/mol. The highest BCUT2D eigenvalue weighted by molar-refractivity contribution is 5.98. The van der Waals surface area contributed by atoms with Crippen molar-refractivity contribution < 1.29 is 15.0 Å². The number of nitrogens with two attached hydrogens (primary N) is 1. The highest BCUT2D eigenvalue weighted by Gasteiger charge is 2.19. The zero-order valence-electron chi connectivity index (χ0n) is 10.2. The second-order valence-electron chi connectivity index (χ2n) is 4.74. The van der Waals surface area contributed by atoms with Crippen molar-refractivity contribution in [2.45, 2.75) is 18.9 Å². The predicted octanol–water partition coefficient (Wildman–Crippen LogP) is 0.704. The second-order valence-corrected chi connectivity index (χ2v) is 4.74. The number of carbonyl (C=O) groups excluding carboxylic acids is 1. The van der Waals surface area contributed by atoms with E-state index in [4.69, 9.17) is 5.73 Å². The Morgan fingerprint density at radius 1 is 1.28 bits per heavy atom. The van der Waals surface area contributed by atoms with E-state index in [1.54, 1.807) is 0 Å². The molecule has 1 aliphatic rings. The van der Waals surface area contributed by atoms with E-state index >= 15 is 0 Å². The maximum absolute atomic E-state index is 12.0. The summed E-state index contributed by atoms with van der Waals surface area (Å²) in [5, 5.41) is 18.5. The molecule has 0 aliphatic carbocycles. The fraction of sp³-hybridized carbons (Fsp3) is 0.462. The third-order valence-electron chi connectivity index (χ3n) is 3.30. The molecule has 0 unspecified atom stereocenters. The largest absolute Gasteiger partial charge is 0.504 e. The van der Waals surface area contributed by atoms with Crippen LogP contribution < -0.4 is 5.73 Å². The lowest BCUT2D eigenvalue weighted by Gasteiger charge is -2.29. The molecular formula is C13H18N2O3. The summed E-state index contributed by atoms with van der Waals surface area (Å²) in [6.07, 6.45) is 1.82. The third kappa shape index (κ3) is 3.00. The van der Waals surface area contributed by atoms with Gasteiger partial charge in [-0.3, -0.25) is 9.69 Å². The molecule has 4 N–H and O–H groups in total. The van der Waals surface area contributed by atoms with Crippen molar-refractivity contribution in [3.05, 3.63) is 23.8 Å². The van der Waals surface area contributed by atoms with Gasteiger partial charge in [0.15, 0.2) is 17.3 Å². The molecule has 0 saturated carbocycles. The molecule has 18 heavy (non-hydrogen) atoms. The van der Waals surface area contributed by atoms with Crippen molar-refractivity contribution in [3.8, 4) is 11.5 Å². The summed E-state index contributed by atoms with van der Waals surface area (Å²) < 4.78 is 0. The van der Waals surface area contributed by atoms with Crippen LogP contribution in [0.2, 0.25) is 0 Å². The number of hydrogen-bond acceptors (Lipinski definition) is 5. The van der Waals surface area contributed by atoms with E-state index in [-0.39, 0.29) is 23.3 Å². The molecule has 0 radical (unpaired) electrons. The van der Waals surface area contributed by atoms with Gasteiger partial charge in [0.1, 0.15) is 0 Å². The SMILES string of the molecule is NC1CCN(CC(=O)c2ccc(O)c(O)c2)CC1. The van der Waals surface area contributed by atoms with Crippen LogP contribution in [0, 0.1) is 0 Å². The summed E-state index contributed by atoms with van der Waals surface area (Å²) in [5.74, 6) is -0.530. The molecular weight excluding hydrogens is 232 g/mol. The second kappa shape index (κ2) is 5.37. The number of likely N-dealkylation sites (tertiary alicyclic amines) is 1. The Bertz CT molecular complexity index is 440. The number of nitrogens with zero attached hydrogens (tertiary/aromatic N) is 1. The maximum atomic E-state index is 12.0. The molecule has 0 atom stereocenters. The first kappa shape index (κ1) is 12.9. The van der Waals surface area contributed by atoms with Crippen LogP contribution in [0.3, 0.4) is 0 Å². The number of Topliss-reactive ketones (excluding diaryl/α,β-unsaturated/α-hetero) is 1. The molecule has 0 aromatic heterocycles. The molecule has 1 aromatic carbocycles. The first-order valence-electron chi connectivity index (χ1n) is 6.09.